The number of rotatable bonds is 3. The summed E-state index contributed by atoms with van der Waals surface area (Å²) in [7, 11) is -2.79. The largest absolute Gasteiger partial charge is 0.361 e. The van der Waals surface area contributed by atoms with Crippen LogP contribution < -0.4 is 0 Å². The quantitative estimate of drug-likeness (QED) is 0.647. The van der Waals surface area contributed by atoms with E-state index < -0.39 is 10.1 Å². The zero-order chi connectivity index (χ0) is 11.8. The fraction of sp³-hybridized carbons (Fsp3) is 0.100. The van der Waals surface area contributed by atoms with Crippen molar-refractivity contribution in [3.63, 3.8) is 0 Å². The van der Waals surface area contributed by atoms with Crippen LogP contribution in [0.1, 0.15) is 10.4 Å². The normalized spacial score (nSPS) is 11.8. The Balaban J connectivity index is 2.85. The number of fused-ring (bicyclic) bond motifs is 1. The molecule has 0 aliphatic carbocycles. The molecule has 1 aromatic carbocycles. The molecule has 0 fully saturated rings. The summed E-state index contributed by atoms with van der Waals surface area (Å²) in [5.74, 6) is 0. The van der Waals surface area contributed by atoms with E-state index in [-0.39, 0.29) is 10.5 Å². The predicted octanol–water partition coefficient (Wildman–Crippen LogP) is 1.32. The number of carbonyl (C=O) groups is 1. The molecule has 6 heteroatoms. The van der Waals surface area contributed by atoms with Crippen molar-refractivity contribution in [1.82, 2.24) is 4.98 Å². The van der Waals surface area contributed by atoms with Crippen molar-refractivity contribution in [3.05, 3.63) is 30.0 Å². The number of hydrogen-bond acceptors (Lipinski definition) is 4. The predicted molar refractivity (Wildman–Crippen MR) is 57.9 cm³/mol. The second kappa shape index (κ2) is 3.73. The maximum Gasteiger partial charge on any atom is 0.297 e. The first-order valence-corrected chi connectivity index (χ1v) is 5.87. The molecular weight excluding hydrogens is 230 g/mol. The van der Waals surface area contributed by atoms with Crippen LogP contribution in [-0.2, 0) is 14.3 Å². The molecule has 2 aromatic rings. The summed E-state index contributed by atoms with van der Waals surface area (Å²) in [5.41, 5.74) is 0.817. The summed E-state index contributed by atoms with van der Waals surface area (Å²) < 4.78 is 27.5. The lowest BCUT2D eigenvalue weighted by Crippen LogP contribution is -2.06. The van der Waals surface area contributed by atoms with Crippen LogP contribution in [-0.4, -0.2) is 26.8 Å². The van der Waals surface area contributed by atoms with Crippen LogP contribution in [0, 0.1) is 0 Å². The van der Waals surface area contributed by atoms with Gasteiger partial charge in [-0.1, -0.05) is 0 Å². The summed E-state index contributed by atoms with van der Waals surface area (Å²) in [6.45, 7) is 0. The van der Waals surface area contributed by atoms with E-state index in [0.29, 0.717) is 17.2 Å². The van der Waals surface area contributed by atoms with E-state index in [1.54, 1.807) is 18.3 Å². The highest BCUT2D eigenvalue weighted by Gasteiger charge is 2.19. The first-order valence-electron chi connectivity index (χ1n) is 4.46. The van der Waals surface area contributed by atoms with Crippen LogP contribution in [0.4, 0.5) is 0 Å². The monoisotopic (exact) mass is 239 g/mol. The van der Waals surface area contributed by atoms with Crippen LogP contribution in [0.15, 0.2) is 29.3 Å². The van der Waals surface area contributed by atoms with Gasteiger partial charge in [0.05, 0.1) is 7.11 Å². The lowest BCUT2D eigenvalue weighted by atomic mass is 10.1. The molecule has 0 bridgehead atoms. The van der Waals surface area contributed by atoms with Gasteiger partial charge in [0.1, 0.15) is 4.90 Å². The molecule has 0 aliphatic rings. The Morgan fingerprint density at radius 3 is 2.69 bits per heavy atom. The molecule has 84 valence electrons. The Morgan fingerprint density at radius 2 is 2.06 bits per heavy atom. The molecule has 0 radical (unpaired) electrons. The minimum atomic E-state index is -3.86. The van der Waals surface area contributed by atoms with Gasteiger partial charge in [-0.15, -0.1) is 0 Å². The maximum atomic E-state index is 11.6. The van der Waals surface area contributed by atoms with Crippen molar-refractivity contribution in [1.29, 1.82) is 0 Å². The number of aromatic nitrogens is 1. The SMILES string of the molecule is COS(=O)(=O)c1ccc2[nH]ccc2c1C=O. The van der Waals surface area contributed by atoms with Gasteiger partial charge in [-0.2, -0.15) is 8.42 Å². The van der Waals surface area contributed by atoms with E-state index in [4.69, 9.17) is 0 Å². The molecule has 16 heavy (non-hydrogen) atoms. The van der Waals surface area contributed by atoms with Crippen molar-refractivity contribution in [3.8, 4) is 0 Å². The van der Waals surface area contributed by atoms with Gasteiger partial charge in [0.2, 0.25) is 0 Å². The van der Waals surface area contributed by atoms with Gasteiger partial charge in [-0.05, 0) is 18.2 Å². The van der Waals surface area contributed by atoms with Crippen molar-refractivity contribution in [2.75, 3.05) is 7.11 Å². The Bertz CT molecular complexity index is 642. The first-order chi connectivity index (χ1) is 7.60. The van der Waals surface area contributed by atoms with Gasteiger partial charge in [0.25, 0.3) is 10.1 Å². The molecule has 0 saturated heterocycles. The Kier molecular flexibility index (Phi) is 2.53. The molecule has 1 heterocycles. The summed E-state index contributed by atoms with van der Waals surface area (Å²) in [6, 6.07) is 4.59. The third-order valence-electron chi connectivity index (χ3n) is 2.34. The fourth-order valence-electron chi connectivity index (χ4n) is 1.57. The number of H-pyrrole nitrogens is 1. The number of hydrogen-bond donors (Lipinski definition) is 1. The highest BCUT2D eigenvalue weighted by Crippen LogP contribution is 2.24. The Labute approximate surface area is 92.2 Å². The van der Waals surface area contributed by atoms with E-state index in [2.05, 4.69) is 9.17 Å². The smallest absolute Gasteiger partial charge is 0.297 e. The summed E-state index contributed by atoms with van der Waals surface area (Å²) in [5, 5.41) is 0.563. The molecule has 0 amide bonds. The minimum absolute atomic E-state index is 0.112. The van der Waals surface area contributed by atoms with E-state index >= 15 is 0 Å². The molecule has 2 rings (SSSR count). The molecule has 1 N–H and O–H groups in total. The maximum absolute atomic E-state index is 11.6. The Hall–Kier alpha value is -1.66. The van der Waals surface area contributed by atoms with Crippen LogP contribution in [0.3, 0.4) is 0 Å². The van der Waals surface area contributed by atoms with Gasteiger partial charge in [0.15, 0.2) is 6.29 Å². The molecular formula is C10H9NO4S. The van der Waals surface area contributed by atoms with E-state index in [9.17, 15) is 13.2 Å². The van der Waals surface area contributed by atoms with E-state index in [1.807, 2.05) is 0 Å². The summed E-state index contributed by atoms with van der Waals surface area (Å²) in [4.78, 5) is 13.8. The number of aromatic amines is 1. The topological polar surface area (TPSA) is 76.2 Å². The third-order valence-corrected chi connectivity index (χ3v) is 3.68. The van der Waals surface area contributed by atoms with Crippen LogP contribution in [0.25, 0.3) is 10.9 Å². The number of nitrogens with one attached hydrogen (secondary N) is 1. The molecule has 0 saturated carbocycles. The molecule has 0 atom stereocenters. The molecule has 1 aromatic heterocycles. The molecule has 0 unspecified atom stereocenters. The molecule has 0 spiro atoms. The lowest BCUT2D eigenvalue weighted by molar-refractivity contribution is 0.112. The van der Waals surface area contributed by atoms with Gasteiger partial charge < -0.3 is 4.98 Å². The van der Waals surface area contributed by atoms with Crippen molar-refractivity contribution < 1.29 is 17.4 Å². The molecule has 5 nitrogen and oxygen atoms in total. The minimum Gasteiger partial charge on any atom is -0.361 e. The van der Waals surface area contributed by atoms with Crippen LogP contribution in [0.5, 0.6) is 0 Å². The van der Waals surface area contributed by atoms with Crippen molar-refractivity contribution in [2.45, 2.75) is 4.90 Å². The van der Waals surface area contributed by atoms with E-state index in [1.165, 1.54) is 6.07 Å². The Morgan fingerprint density at radius 1 is 1.31 bits per heavy atom. The number of aldehydes is 1. The van der Waals surface area contributed by atoms with Crippen molar-refractivity contribution in [2.24, 2.45) is 0 Å². The highest BCUT2D eigenvalue weighted by molar-refractivity contribution is 7.86. The molecule has 0 aliphatic heterocycles. The first kappa shape index (κ1) is 10.8. The number of benzene rings is 1. The summed E-state index contributed by atoms with van der Waals surface area (Å²) >= 11 is 0. The van der Waals surface area contributed by atoms with Gasteiger partial charge in [0, 0.05) is 22.7 Å². The standard InChI is InChI=1S/C10H9NO4S/c1-15-16(13,14)10-3-2-9-7(4-5-11-9)8(10)6-12/h2-6,11H,1H3. The van der Waals surface area contributed by atoms with Crippen LogP contribution in [0.2, 0.25) is 0 Å². The lowest BCUT2D eigenvalue weighted by Gasteiger charge is -2.05. The van der Waals surface area contributed by atoms with E-state index in [0.717, 1.165) is 7.11 Å². The zero-order valence-corrected chi connectivity index (χ0v) is 9.24. The average Bonchev–Trinajstić information content (AvgIpc) is 2.75. The average molecular weight is 239 g/mol. The van der Waals surface area contributed by atoms with Crippen molar-refractivity contribution >= 4 is 27.3 Å². The second-order valence-electron chi connectivity index (χ2n) is 3.15. The zero-order valence-electron chi connectivity index (χ0n) is 8.43. The second-order valence-corrected chi connectivity index (χ2v) is 4.84. The number of carbonyl (C=O) groups excluding carboxylic acids is 1. The summed E-state index contributed by atoms with van der Waals surface area (Å²) in [6.07, 6.45) is 2.16. The van der Waals surface area contributed by atoms with Gasteiger partial charge in [-0.25, -0.2) is 0 Å². The van der Waals surface area contributed by atoms with Crippen LogP contribution >= 0.6 is 0 Å². The third kappa shape index (κ3) is 1.52. The van der Waals surface area contributed by atoms with Gasteiger partial charge >= 0.3 is 0 Å². The fourth-order valence-corrected chi connectivity index (χ4v) is 2.41. The highest BCUT2D eigenvalue weighted by atomic mass is 32.2. The van der Waals surface area contributed by atoms with Gasteiger partial charge in [-0.3, -0.25) is 8.98 Å².